The SMILES string of the molecule is Cc1nc(C(=O)NCCOCCN(C)C)n[nH]1. The summed E-state index contributed by atoms with van der Waals surface area (Å²) in [5.41, 5.74) is 0. The van der Waals surface area contributed by atoms with Gasteiger partial charge in [-0.15, -0.1) is 5.10 Å². The minimum atomic E-state index is -0.287. The van der Waals surface area contributed by atoms with Gasteiger partial charge in [0.1, 0.15) is 5.82 Å². The topological polar surface area (TPSA) is 83.1 Å². The summed E-state index contributed by atoms with van der Waals surface area (Å²) in [5.74, 6) is 0.499. The second-order valence-corrected chi connectivity index (χ2v) is 3.92. The maximum atomic E-state index is 11.5. The van der Waals surface area contributed by atoms with Crippen LogP contribution in [0.2, 0.25) is 0 Å². The third-order valence-electron chi connectivity index (χ3n) is 2.02. The molecular formula is C10H19N5O2. The van der Waals surface area contributed by atoms with Crippen molar-refractivity contribution in [1.29, 1.82) is 0 Å². The number of ether oxygens (including phenoxy) is 1. The molecule has 96 valence electrons. The molecule has 0 aromatic carbocycles. The second-order valence-electron chi connectivity index (χ2n) is 3.92. The first-order valence-corrected chi connectivity index (χ1v) is 5.49. The van der Waals surface area contributed by atoms with E-state index in [-0.39, 0.29) is 11.7 Å². The average molecular weight is 241 g/mol. The summed E-state index contributed by atoms with van der Waals surface area (Å²) in [6.07, 6.45) is 0. The monoisotopic (exact) mass is 241 g/mol. The van der Waals surface area contributed by atoms with Crippen molar-refractivity contribution in [3.05, 3.63) is 11.6 Å². The van der Waals surface area contributed by atoms with Crippen LogP contribution in [0.1, 0.15) is 16.4 Å². The van der Waals surface area contributed by atoms with E-state index in [4.69, 9.17) is 4.74 Å². The third-order valence-corrected chi connectivity index (χ3v) is 2.02. The fourth-order valence-corrected chi connectivity index (χ4v) is 1.11. The molecule has 2 N–H and O–H groups in total. The minimum absolute atomic E-state index is 0.163. The molecule has 0 atom stereocenters. The number of H-pyrrole nitrogens is 1. The molecule has 0 spiro atoms. The number of nitrogens with one attached hydrogen (secondary N) is 2. The Morgan fingerprint density at radius 2 is 2.24 bits per heavy atom. The van der Waals surface area contributed by atoms with Gasteiger partial charge >= 0.3 is 0 Å². The standard InChI is InChI=1S/C10H19N5O2/c1-8-12-9(14-13-8)10(16)11-4-6-17-7-5-15(2)3/h4-7H2,1-3H3,(H,11,16)(H,12,13,14). The third kappa shape index (κ3) is 5.41. The number of aromatic amines is 1. The lowest BCUT2D eigenvalue weighted by atomic mass is 10.5. The van der Waals surface area contributed by atoms with E-state index >= 15 is 0 Å². The molecule has 0 bridgehead atoms. The first-order valence-electron chi connectivity index (χ1n) is 5.49. The summed E-state index contributed by atoms with van der Waals surface area (Å²) >= 11 is 0. The van der Waals surface area contributed by atoms with Crippen molar-refractivity contribution in [2.24, 2.45) is 0 Å². The zero-order valence-corrected chi connectivity index (χ0v) is 10.5. The Morgan fingerprint density at radius 3 is 2.82 bits per heavy atom. The van der Waals surface area contributed by atoms with Gasteiger partial charge in [0.05, 0.1) is 13.2 Å². The normalized spacial score (nSPS) is 10.8. The van der Waals surface area contributed by atoms with Crippen molar-refractivity contribution in [1.82, 2.24) is 25.4 Å². The van der Waals surface area contributed by atoms with E-state index in [0.717, 1.165) is 6.54 Å². The van der Waals surface area contributed by atoms with E-state index in [1.807, 2.05) is 19.0 Å². The fraction of sp³-hybridized carbons (Fsp3) is 0.700. The highest BCUT2D eigenvalue weighted by Crippen LogP contribution is 1.89. The summed E-state index contributed by atoms with van der Waals surface area (Å²) in [7, 11) is 3.97. The van der Waals surface area contributed by atoms with Crippen LogP contribution < -0.4 is 5.32 Å². The molecule has 1 amide bonds. The number of likely N-dealkylation sites (N-methyl/N-ethyl adjacent to an activating group) is 1. The van der Waals surface area contributed by atoms with E-state index < -0.39 is 0 Å². The predicted molar refractivity (Wildman–Crippen MR) is 62.8 cm³/mol. The first-order chi connectivity index (χ1) is 8.09. The van der Waals surface area contributed by atoms with Gasteiger partial charge in [-0.1, -0.05) is 0 Å². The lowest BCUT2D eigenvalue weighted by Gasteiger charge is -2.09. The Hall–Kier alpha value is -1.47. The molecule has 0 unspecified atom stereocenters. The maximum absolute atomic E-state index is 11.5. The quantitative estimate of drug-likeness (QED) is 0.624. The predicted octanol–water partition coefficient (Wildman–Crippen LogP) is -0.579. The van der Waals surface area contributed by atoms with Crippen LogP contribution in [0.4, 0.5) is 0 Å². The van der Waals surface area contributed by atoms with Gasteiger partial charge in [0, 0.05) is 13.1 Å². The molecule has 1 rings (SSSR count). The molecule has 1 aromatic heterocycles. The van der Waals surface area contributed by atoms with E-state index in [1.54, 1.807) is 6.92 Å². The Bertz CT molecular complexity index is 350. The number of aryl methyl sites for hydroxylation is 1. The second kappa shape index (κ2) is 6.97. The lowest BCUT2D eigenvalue weighted by molar-refractivity contribution is 0.0891. The summed E-state index contributed by atoms with van der Waals surface area (Å²) in [6.45, 7) is 4.22. The number of hydrogen-bond donors (Lipinski definition) is 2. The molecular weight excluding hydrogens is 222 g/mol. The van der Waals surface area contributed by atoms with Crippen molar-refractivity contribution in [3.63, 3.8) is 0 Å². The average Bonchev–Trinajstić information content (AvgIpc) is 2.69. The van der Waals surface area contributed by atoms with Gasteiger partial charge in [-0.3, -0.25) is 9.89 Å². The van der Waals surface area contributed by atoms with Gasteiger partial charge in [0.25, 0.3) is 5.91 Å². The summed E-state index contributed by atoms with van der Waals surface area (Å²) in [4.78, 5) is 17.4. The molecule has 0 aliphatic rings. The number of amides is 1. The summed E-state index contributed by atoms with van der Waals surface area (Å²) < 4.78 is 5.33. The van der Waals surface area contributed by atoms with Crippen molar-refractivity contribution in [2.75, 3.05) is 40.4 Å². The molecule has 1 heterocycles. The number of carbonyl (C=O) groups is 1. The van der Waals surface area contributed by atoms with Crippen LogP contribution in [0.5, 0.6) is 0 Å². The van der Waals surface area contributed by atoms with Crippen LogP contribution in [0.15, 0.2) is 0 Å². The van der Waals surface area contributed by atoms with Gasteiger partial charge in [0.2, 0.25) is 5.82 Å². The highest BCUT2D eigenvalue weighted by atomic mass is 16.5. The van der Waals surface area contributed by atoms with Gasteiger partial charge in [-0.25, -0.2) is 4.98 Å². The van der Waals surface area contributed by atoms with Gasteiger partial charge in [0.15, 0.2) is 0 Å². The van der Waals surface area contributed by atoms with Crippen molar-refractivity contribution in [2.45, 2.75) is 6.92 Å². The smallest absolute Gasteiger partial charge is 0.291 e. The minimum Gasteiger partial charge on any atom is -0.378 e. The van der Waals surface area contributed by atoms with Crippen LogP contribution in [0.25, 0.3) is 0 Å². The van der Waals surface area contributed by atoms with Crippen LogP contribution in [0, 0.1) is 6.92 Å². The van der Waals surface area contributed by atoms with Gasteiger partial charge in [-0.2, -0.15) is 0 Å². The molecule has 0 aliphatic carbocycles. The largest absolute Gasteiger partial charge is 0.378 e. The Balaban J connectivity index is 2.09. The van der Waals surface area contributed by atoms with Crippen LogP contribution in [0.3, 0.4) is 0 Å². The van der Waals surface area contributed by atoms with E-state index in [1.165, 1.54) is 0 Å². The zero-order chi connectivity index (χ0) is 12.7. The van der Waals surface area contributed by atoms with Crippen molar-refractivity contribution < 1.29 is 9.53 Å². The van der Waals surface area contributed by atoms with Gasteiger partial charge in [-0.05, 0) is 21.0 Å². The molecule has 0 saturated carbocycles. The van der Waals surface area contributed by atoms with E-state index in [0.29, 0.717) is 25.6 Å². The van der Waals surface area contributed by atoms with Crippen LogP contribution in [-0.2, 0) is 4.74 Å². The molecule has 0 fully saturated rings. The van der Waals surface area contributed by atoms with Crippen LogP contribution in [-0.4, -0.2) is 66.4 Å². The summed E-state index contributed by atoms with van der Waals surface area (Å²) in [6, 6.07) is 0. The molecule has 7 nitrogen and oxygen atoms in total. The molecule has 0 aliphatic heterocycles. The Morgan fingerprint density at radius 1 is 1.47 bits per heavy atom. The van der Waals surface area contributed by atoms with Crippen molar-refractivity contribution >= 4 is 5.91 Å². The molecule has 1 aromatic rings. The number of rotatable bonds is 7. The summed E-state index contributed by atoms with van der Waals surface area (Å²) in [5, 5.41) is 9.05. The molecule has 7 heteroatoms. The lowest BCUT2D eigenvalue weighted by Crippen LogP contribution is -2.29. The van der Waals surface area contributed by atoms with Gasteiger partial charge < -0.3 is 15.0 Å². The fourth-order valence-electron chi connectivity index (χ4n) is 1.11. The molecule has 17 heavy (non-hydrogen) atoms. The first kappa shape index (κ1) is 13.6. The number of nitrogens with zero attached hydrogens (tertiary/aromatic N) is 3. The Labute approximate surface area is 101 Å². The number of hydrogen-bond acceptors (Lipinski definition) is 5. The van der Waals surface area contributed by atoms with E-state index in [9.17, 15) is 4.79 Å². The molecule has 0 saturated heterocycles. The zero-order valence-electron chi connectivity index (χ0n) is 10.5. The maximum Gasteiger partial charge on any atom is 0.291 e. The van der Waals surface area contributed by atoms with E-state index in [2.05, 4.69) is 20.5 Å². The number of aromatic nitrogens is 3. The number of carbonyl (C=O) groups excluding carboxylic acids is 1. The highest BCUT2D eigenvalue weighted by Gasteiger charge is 2.09. The van der Waals surface area contributed by atoms with Crippen molar-refractivity contribution in [3.8, 4) is 0 Å². The Kier molecular flexibility index (Phi) is 5.58. The van der Waals surface area contributed by atoms with Crippen LogP contribution >= 0.6 is 0 Å². The molecule has 0 radical (unpaired) electrons. The highest BCUT2D eigenvalue weighted by molar-refractivity contribution is 5.90.